The predicted octanol–water partition coefficient (Wildman–Crippen LogP) is -4.43. The Morgan fingerprint density at radius 1 is 0.559 bits per heavy atom. The number of H-pyrrole nitrogens is 1. The van der Waals surface area contributed by atoms with Gasteiger partial charge in [-0.2, -0.15) is 4.98 Å². The summed E-state index contributed by atoms with van der Waals surface area (Å²) in [4.78, 5) is 58.5. The number of nitrogens with two attached hydrogens (primary N) is 4. The number of halogens is 6. The summed E-state index contributed by atoms with van der Waals surface area (Å²) in [5, 5.41) is 162. The van der Waals surface area contributed by atoms with E-state index in [-0.39, 0.29) is 75.4 Å². The lowest BCUT2D eigenvalue weighted by molar-refractivity contribution is -0.137. The highest BCUT2D eigenvalue weighted by Gasteiger charge is 2.67. The number of aliphatic hydroxyl groups is 16. The lowest BCUT2D eigenvalue weighted by Gasteiger charge is -2.35. The van der Waals surface area contributed by atoms with Crippen LogP contribution in [0.1, 0.15) is 58.7 Å². The molecule has 6 saturated heterocycles. The monoisotopic (exact) mass is 1840 g/mol. The number of hydrogen-bond donors (Lipinski definition) is 21. The van der Waals surface area contributed by atoms with Gasteiger partial charge in [0.15, 0.2) is 88.8 Å². The zero-order chi connectivity index (χ0) is 94.8. The number of aromatic amines is 1. The van der Waals surface area contributed by atoms with Crippen LogP contribution in [0.15, 0.2) is 141 Å². The summed E-state index contributed by atoms with van der Waals surface area (Å²) in [5.74, 6) is 4.52. The van der Waals surface area contributed by atoms with E-state index in [1.807, 2.05) is 0 Å². The van der Waals surface area contributed by atoms with E-state index in [1.54, 1.807) is 20.8 Å². The van der Waals surface area contributed by atoms with Crippen molar-refractivity contribution in [1.82, 2.24) is 58.6 Å². The molecule has 0 unspecified atom stereocenters. The van der Waals surface area contributed by atoms with E-state index in [9.17, 15) is 104 Å². The van der Waals surface area contributed by atoms with Crippen molar-refractivity contribution in [1.29, 1.82) is 0 Å². The molecule has 24 atom stereocenters. The predicted molar refractivity (Wildman–Crippen MR) is 439 cm³/mol. The third-order valence-corrected chi connectivity index (χ3v) is 22.9. The Labute approximate surface area is 729 Å². The van der Waals surface area contributed by atoms with Gasteiger partial charge in [0, 0.05) is 29.7 Å². The fourth-order valence-electron chi connectivity index (χ4n) is 14.7. The standard InChI is InChI=1S/C15H21FN4O5.C13H17FN4O5.C13H17N3O4.C12H18ClN3O4.C11H15ClFN3O3.C10H13FN6O3/c1-4-24-11-9-10(18-8(2)19-11)20(7-17-9)13-14(3,23)12(22)15(5-16,6-21)25-13;1-6-16-8-7(9(20)17-6)15-5-18(8)11-12(2,22)10(21)13(3-14,4-19)23-11;1-4-13(7-17)10(18)12(3,19)11(20-13)16-6-5-9(14)15-8(16)2;1-7-15-8(14)3-4-16(7)10-11(2,19)9(18)12(5-13,6-17)20-10;1-6-15-7(14)2-3-16(6)10-8(13)9(18)11(4-12,5-17)19-10;1-5-14-6(12)2-3-17(5)9-7(11)8(19)10(4-18,20-9)15-16-13/h7,12-13,21-23H,4-6H2,1-3H3;5,10-11,19,21-22H,3-4H2,1-2H3,(H,16,17,20);1,5-6,10-11,17-19H,2,7H2,3H3,(H2,14,15);3-4,9-10,17-19H,1,5-6H2,2H3,(H2,14,15);2-3,8-10,17-18H,1,4-5H2,(H2,14,15);2-3,7-9,18-19H,1,4H2,(H2,12,14)/t12-,13+,14+,15+;2*10-,11+,12+,13+;9-,10+,11+,12+;8-,9+,10-,11-;7-,8+,9-,10-/m000011/s1. The lowest BCUT2D eigenvalue weighted by atomic mass is 9.88. The van der Waals surface area contributed by atoms with Crippen LogP contribution in [-0.2, 0) is 28.4 Å². The Balaban J connectivity index is 0.000000173. The summed E-state index contributed by atoms with van der Waals surface area (Å²) in [7, 11) is 0. The number of fused-ring (bicyclic) bond motifs is 2. The number of terminal acetylenes is 1. The molecule has 0 saturated carbocycles. The maximum absolute atomic E-state index is 14.2. The van der Waals surface area contributed by atoms with Gasteiger partial charge < -0.3 is 162 Å². The average Bonchev–Trinajstić information content (AvgIpc) is 1.57. The molecule has 53 heteroatoms. The van der Waals surface area contributed by atoms with E-state index in [1.165, 1.54) is 118 Å². The highest BCUT2D eigenvalue weighted by atomic mass is 35.5. The number of nitrogens with zero attached hydrogens (tertiary/aromatic N) is 18. The van der Waals surface area contributed by atoms with Gasteiger partial charge >= 0.3 is 0 Å². The van der Waals surface area contributed by atoms with Crippen molar-refractivity contribution in [2.24, 2.45) is 48.0 Å². The largest absolute Gasteiger partial charge is 0.476 e. The van der Waals surface area contributed by atoms with Crippen LogP contribution in [0, 0.1) is 26.2 Å². The number of rotatable bonds is 19. The maximum Gasteiger partial charge on any atom is 0.279 e. The van der Waals surface area contributed by atoms with Crippen LogP contribution < -0.4 is 33.2 Å². The number of aliphatic imine (C=N–C) groups is 4. The van der Waals surface area contributed by atoms with E-state index in [0.717, 1.165) is 0 Å². The zero-order valence-corrected chi connectivity index (χ0v) is 70.6. The molecule has 10 aliphatic heterocycles. The molecule has 6 fully saturated rings. The number of azide groups is 1. The number of aryl methyl sites for hydroxylation is 2. The van der Waals surface area contributed by atoms with Gasteiger partial charge in [-0.3, -0.25) is 13.9 Å². The second-order valence-corrected chi connectivity index (χ2v) is 31.5. The fraction of sp³-hybridized carbons (Fsp3) is 0.568. The van der Waals surface area contributed by atoms with Crippen molar-refractivity contribution in [3.05, 3.63) is 144 Å². The number of aliphatic hydroxyl groups excluding tert-OH is 12. The van der Waals surface area contributed by atoms with Gasteiger partial charge in [-0.25, -0.2) is 57.5 Å². The van der Waals surface area contributed by atoms with Crippen LogP contribution in [0.4, 0.5) is 17.6 Å². The van der Waals surface area contributed by atoms with Crippen LogP contribution >= 0.6 is 23.2 Å². The normalized spacial score (nSPS) is 37.1. The number of amidine groups is 4. The van der Waals surface area contributed by atoms with Crippen molar-refractivity contribution in [2.75, 3.05) is 71.4 Å². The molecule has 0 aliphatic carbocycles. The molecule has 698 valence electrons. The smallest absolute Gasteiger partial charge is 0.279 e. The first-order chi connectivity index (χ1) is 59.5. The van der Waals surface area contributed by atoms with E-state index in [2.05, 4.69) is 92.1 Å². The quantitative estimate of drug-likeness (QED) is 0.0105. The molecule has 10 aliphatic rings. The fourth-order valence-corrected chi connectivity index (χ4v) is 15.3. The Kier molecular flexibility index (Phi) is 30.7. The zero-order valence-electron chi connectivity index (χ0n) is 69.1. The summed E-state index contributed by atoms with van der Waals surface area (Å²) in [6.07, 6.45) is -0.659. The molecular weight excluding hydrogens is 1740 g/mol. The third kappa shape index (κ3) is 18.4. The van der Waals surface area contributed by atoms with Crippen LogP contribution in [0.25, 0.3) is 32.8 Å². The minimum atomic E-state index is -2.08. The first-order valence-corrected chi connectivity index (χ1v) is 39.1. The van der Waals surface area contributed by atoms with Gasteiger partial charge in [0.1, 0.15) is 142 Å². The summed E-state index contributed by atoms with van der Waals surface area (Å²) in [5.41, 5.74) is 13.0. The topological polar surface area (TPSA) is 711 Å². The lowest BCUT2D eigenvalue weighted by Crippen LogP contribution is -2.54. The van der Waals surface area contributed by atoms with Crippen LogP contribution in [0.5, 0.6) is 5.88 Å². The van der Waals surface area contributed by atoms with Gasteiger partial charge in [-0.05, 0) is 78.3 Å². The molecule has 127 heavy (non-hydrogen) atoms. The summed E-state index contributed by atoms with van der Waals surface area (Å²) in [6, 6.07) is 0. The molecule has 25 N–H and O–H groups in total. The van der Waals surface area contributed by atoms with Crippen molar-refractivity contribution in [3.63, 3.8) is 0 Å². The van der Waals surface area contributed by atoms with E-state index >= 15 is 0 Å². The summed E-state index contributed by atoms with van der Waals surface area (Å²) >= 11 is 11.5. The Hall–Kier alpha value is -10.0. The molecule has 14 rings (SSSR count). The molecule has 4 aromatic rings. The van der Waals surface area contributed by atoms with Gasteiger partial charge in [0.25, 0.3) is 5.56 Å². The van der Waals surface area contributed by atoms with Crippen LogP contribution in [-0.4, -0.2) is 365 Å². The van der Waals surface area contributed by atoms with Gasteiger partial charge in [0.05, 0.1) is 70.7 Å². The van der Waals surface area contributed by atoms with Crippen molar-refractivity contribution in [3.8, 4) is 18.2 Å². The molecule has 0 spiro atoms. The Morgan fingerprint density at radius 2 is 0.945 bits per heavy atom. The van der Waals surface area contributed by atoms with Crippen LogP contribution in [0.2, 0.25) is 0 Å². The number of hydrogen-bond acceptors (Lipinski definition) is 42. The third-order valence-electron chi connectivity index (χ3n) is 22.0. The number of aromatic nitrogens is 8. The maximum atomic E-state index is 14.2. The summed E-state index contributed by atoms with van der Waals surface area (Å²) in [6.45, 7) is 18.8. The molecule has 0 amide bonds. The average molecular weight is 1840 g/mol. The number of nitrogens with one attached hydrogen (secondary N) is 1. The van der Waals surface area contributed by atoms with E-state index in [0.29, 0.717) is 29.4 Å². The van der Waals surface area contributed by atoms with E-state index < -0.39 is 201 Å². The first kappa shape index (κ1) is 101. The van der Waals surface area contributed by atoms with E-state index in [4.69, 9.17) is 91.2 Å². The minimum absolute atomic E-state index is 0.0197. The second-order valence-electron chi connectivity index (χ2n) is 31.0. The van der Waals surface area contributed by atoms with Gasteiger partial charge in [-0.15, -0.1) is 29.6 Å². The molecule has 4 aromatic heterocycles. The Bertz CT molecular complexity index is 5140. The molecule has 47 nitrogen and oxygen atoms in total. The molecule has 0 radical (unpaired) electrons. The van der Waals surface area contributed by atoms with Crippen molar-refractivity contribution < 1.29 is 132 Å². The van der Waals surface area contributed by atoms with Gasteiger partial charge in [-0.1, -0.05) is 37.4 Å². The molecule has 0 bridgehead atoms. The summed E-state index contributed by atoms with van der Waals surface area (Å²) < 4.78 is 96.1. The SMILES string of the molecule is C#C[C@]1(CO)O[C@@H](N2C=CC(N)=NC2=C)[C@](C)(O)[C@@H]1O.C=C1N=C(N)C=CN1[C@@H]1O[C@@](CO)(CCl)[C@@H](O)[C@@]1(C)O.C=C1N=C(N)C=CN1[C@@H]1O[C@@](CO)(CCl)[C@@H](O)[C@H]1F.C=C1N=C(N)C=CN1[C@@H]1O[C@@](CO)(N=[N+]=[N-])[C@@H](O)[C@H]1F.CCOc1nc(C)nc2c1ncn2[C@@H]1O[C@@](CO)(CF)[C@@H](O)[C@@]1(C)O.Cc1nc2c(ncn2[C@@H]2O[C@@](CO)(CF)[C@@H](O)[C@@]2(C)O)c(=O)[nH]1. The highest BCUT2D eigenvalue weighted by molar-refractivity contribution is 6.19. The van der Waals surface area contributed by atoms with Crippen molar-refractivity contribution in [2.45, 2.75) is 191 Å². The molecule has 0 aromatic carbocycles. The van der Waals surface area contributed by atoms with Crippen molar-refractivity contribution >= 4 is 68.9 Å². The number of imidazole rings is 2. The highest BCUT2D eigenvalue weighted by Crippen LogP contribution is 2.49. The second kappa shape index (κ2) is 38.7. The van der Waals surface area contributed by atoms with Crippen LogP contribution in [0.3, 0.4) is 0 Å². The Morgan fingerprint density at radius 3 is 1.31 bits per heavy atom. The number of ether oxygens (including phenoxy) is 7. The van der Waals surface area contributed by atoms with Gasteiger partial charge in [0.2, 0.25) is 11.6 Å². The molecular formula is C74H101Cl2F4N23O24. The first-order valence-electron chi connectivity index (χ1n) is 38.1. The molecule has 14 heterocycles. The minimum Gasteiger partial charge on any atom is -0.476 e. The number of alkyl halides is 6.